The lowest BCUT2D eigenvalue weighted by atomic mass is 10.1. The van der Waals surface area contributed by atoms with E-state index >= 15 is 0 Å². The zero-order valence-corrected chi connectivity index (χ0v) is 13.7. The summed E-state index contributed by atoms with van der Waals surface area (Å²) in [7, 11) is -3.64. The molecule has 0 aliphatic rings. The van der Waals surface area contributed by atoms with Gasteiger partial charge in [-0.05, 0) is 41.5 Å². The number of hydrogen-bond acceptors (Lipinski definition) is 2. The van der Waals surface area contributed by atoms with E-state index in [1.165, 1.54) is 0 Å². The van der Waals surface area contributed by atoms with E-state index in [0.29, 0.717) is 10.7 Å². The van der Waals surface area contributed by atoms with Crippen LogP contribution in [0.25, 0.3) is 11.1 Å². The molecule has 1 N–H and O–H groups in total. The predicted octanol–water partition coefficient (Wildman–Crippen LogP) is 4.81. The minimum absolute atomic E-state index is 0.206. The molecule has 0 spiro atoms. The number of nitrogens with one attached hydrogen (secondary N) is 1. The van der Waals surface area contributed by atoms with Gasteiger partial charge in [0.05, 0.1) is 10.6 Å². The quantitative estimate of drug-likeness (QED) is 0.739. The molecular formula is C18H14ClNO2S. The molecular weight excluding hydrogens is 330 g/mol. The summed E-state index contributed by atoms with van der Waals surface area (Å²) < 4.78 is 27.3. The van der Waals surface area contributed by atoms with Crippen LogP contribution in [0.15, 0.2) is 83.8 Å². The second-order valence-corrected chi connectivity index (χ2v) is 7.13. The Kier molecular flexibility index (Phi) is 4.37. The first-order chi connectivity index (χ1) is 11.0. The molecule has 0 heterocycles. The average molecular weight is 344 g/mol. The summed E-state index contributed by atoms with van der Waals surface area (Å²) in [5.74, 6) is 0. The van der Waals surface area contributed by atoms with Crippen molar-refractivity contribution in [1.82, 2.24) is 0 Å². The van der Waals surface area contributed by atoms with Crippen LogP contribution in [0.2, 0.25) is 5.02 Å². The largest absolute Gasteiger partial charge is 0.280 e. The lowest BCUT2D eigenvalue weighted by Crippen LogP contribution is -2.12. The second-order valence-electron chi connectivity index (χ2n) is 5.01. The summed E-state index contributed by atoms with van der Waals surface area (Å²) in [4.78, 5) is 0.206. The summed E-state index contributed by atoms with van der Waals surface area (Å²) in [6.45, 7) is 0. The smallest absolute Gasteiger partial charge is 0.261 e. The molecule has 3 rings (SSSR count). The summed E-state index contributed by atoms with van der Waals surface area (Å²) in [6, 6.07) is 23.2. The fraction of sp³-hybridized carbons (Fsp3) is 0. The van der Waals surface area contributed by atoms with Gasteiger partial charge in [-0.2, -0.15) is 0 Å². The van der Waals surface area contributed by atoms with Crippen LogP contribution < -0.4 is 4.72 Å². The van der Waals surface area contributed by atoms with E-state index in [-0.39, 0.29) is 4.90 Å². The Labute approximate surface area is 140 Å². The van der Waals surface area contributed by atoms with Gasteiger partial charge in [-0.1, -0.05) is 60.1 Å². The zero-order valence-electron chi connectivity index (χ0n) is 12.1. The standard InChI is InChI=1S/C18H14ClNO2S/c19-16-7-4-8-17(13-16)20-23(21,22)18-11-9-15(10-12-18)14-5-2-1-3-6-14/h1-13,20H. The highest BCUT2D eigenvalue weighted by atomic mass is 35.5. The SMILES string of the molecule is O=S(=O)(Nc1cccc(Cl)c1)c1ccc(-c2ccccc2)cc1. The van der Waals surface area contributed by atoms with E-state index in [1.54, 1.807) is 48.5 Å². The highest BCUT2D eigenvalue weighted by Gasteiger charge is 2.14. The van der Waals surface area contributed by atoms with Gasteiger partial charge in [0.2, 0.25) is 0 Å². The topological polar surface area (TPSA) is 46.2 Å². The predicted molar refractivity (Wildman–Crippen MR) is 94.1 cm³/mol. The van der Waals surface area contributed by atoms with E-state index in [2.05, 4.69) is 4.72 Å². The van der Waals surface area contributed by atoms with Crippen LogP contribution >= 0.6 is 11.6 Å². The Morgan fingerprint density at radius 1 is 0.739 bits per heavy atom. The third-order valence-electron chi connectivity index (χ3n) is 3.35. The second kappa shape index (κ2) is 6.44. The van der Waals surface area contributed by atoms with E-state index in [4.69, 9.17) is 11.6 Å². The maximum atomic E-state index is 12.4. The molecule has 0 aromatic heterocycles. The maximum Gasteiger partial charge on any atom is 0.261 e. The third-order valence-corrected chi connectivity index (χ3v) is 4.98. The number of sulfonamides is 1. The van der Waals surface area contributed by atoms with Gasteiger partial charge in [-0.15, -0.1) is 0 Å². The number of benzene rings is 3. The summed E-state index contributed by atoms with van der Waals surface area (Å²) in [6.07, 6.45) is 0. The fourth-order valence-corrected chi connectivity index (χ4v) is 3.46. The first kappa shape index (κ1) is 15.6. The van der Waals surface area contributed by atoms with Gasteiger partial charge in [-0.3, -0.25) is 4.72 Å². The Morgan fingerprint density at radius 3 is 2.04 bits per heavy atom. The van der Waals surface area contributed by atoms with Gasteiger partial charge >= 0.3 is 0 Å². The van der Waals surface area contributed by atoms with Crippen LogP contribution in [0.4, 0.5) is 5.69 Å². The van der Waals surface area contributed by atoms with Crippen molar-refractivity contribution < 1.29 is 8.42 Å². The molecule has 3 nitrogen and oxygen atoms in total. The first-order valence-electron chi connectivity index (χ1n) is 6.98. The summed E-state index contributed by atoms with van der Waals surface area (Å²) in [5, 5.41) is 0.477. The molecule has 0 fully saturated rings. The van der Waals surface area contributed by atoms with Crippen LogP contribution in [0.3, 0.4) is 0 Å². The fourth-order valence-electron chi connectivity index (χ4n) is 2.22. The van der Waals surface area contributed by atoms with Crippen molar-refractivity contribution in [3.05, 3.63) is 83.9 Å². The van der Waals surface area contributed by atoms with E-state index in [9.17, 15) is 8.42 Å². The maximum absolute atomic E-state index is 12.4. The number of halogens is 1. The van der Waals surface area contributed by atoms with Gasteiger partial charge in [0.1, 0.15) is 0 Å². The minimum atomic E-state index is -3.64. The zero-order chi connectivity index (χ0) is 16.3. The molecule has 0 radical (unpaired) electrons. The molecule has 0 atom stereocenters. The van der Waals surface area contributed by atoms with Crippen LogP contribution in [0.5, 0.6) is 0 Å². The number of rotatable bonds is 4. The van der Waals surface area contributed by atoms with E-state index in [0.717, 1.165) is 11.1 Å². The normalized spacial score (nSPS) is 11.2. The van der Waals surface area contributed by atoms with Crippen molar-refractivity contribution in [1.29, 1.82) is 0 Å². The third kappa shape index (κ3) is 3.73. The molecule has 23 heavy (non-hydrogen) atoms. The molecule has 0 unspecified atom stereocenters. The van der Waals surface area contributed by atoms with E-state index in [1.807, 2.05) is 30.3 Å². The van der Waals surface area contributed by atoms with Gasteiger partial charge in [0.25, 0.3) is 10.0 Å². The minimum Gasteiger partial charge on any atom is -0.280 e. The lowest BCUT2D eigenvalue weighted by molar-refractivity contribution is 0.601. The molecule has 0 amide bonds. The summed E-state index contributed by atoms with van der Waals surface area (Å²) >= 11 is 5.87. The van der Waals surface area contributed by atoms with Crippen LogP contribution in [0, 0.1) is 0 Å². The van der Waals surface area contributed by atoms with E-state index < -0.39 is 10.0 Å². The van der Waals surface area contributed by atoms with Gasteiger partial charge in [0.15, 0.2) is 0 Å². The lowest BCUT2D eigenvalue weighted by Gasteiger charge is -2.09. The monoisotopic (exact) mass is 343 g/mol. The Hall–Kier alpha value is -2.30. The molecule has 0 aliphatic heterocycles. The first-order valence-corrected chi connectivity index (χ1v) is 8.85. The Bertz CT molecular complexity index is 907. The van der Waals surface area contributed by atoms with Gasteiger partial charge < -0.3 is 0 Å². The van der Waals surface area contributed by atoms with Crippen LogP contribution in [-0.4, -0.2) is 8.42 Å². The van der Waals surface area contributed by atoms with Crippen LogP contribution in [-0.2, 0) is 10.0 Å². The van der Waals surface area contributed by atoms with Crippen molar-refractivity contribution in [3.8, 4) is 11.1 Å². The Morgan fingerprint density at radius 2 is 1.39 bits per heavy atom. The molecule has 0 saturated heterocycles. The molecule has 116 valence electrons. The van der Waals surface area contributed by atoms with Gasteiger partial charge in [0, 0.05) is 5.02 Å². The molecule has 0 bridgehead atoms. The number of hydrogen-bond donors (Lipinski definition) is 1. The molecule has 3 aromatic carbocycles. The van der Waals surface area contributed by atoms with Crippen molar-refractivity contribution in [2.24, 2.45) is 0 Å². The van der Waals surface area contributed by atoms with Gasteiger partial charge in [-0.25, -0.2) is 8.42 Å². The average Bonchev–Trinajstić information content (AvgIpc) is 2.55. The molecule has 3 aromatic rings. The Balaban J connectivity index is 1.86. The van der Waals surface area contributed by atoms with Crippen molar-refractivity contribution >= 4 is 27.3 Å². The highest BCUT2D eigenvalue weighted by molar-refractivity contribution is 7.92. The highest BCUT2D eigenvalue weighted by Crippen LogP contribution is 2.23. The number of anilines is 1. The summed E-state index contributed by atoms with van der Waals surface area (Å²) in [5.41, 5.74) is 2.44. The molecule has 5 heteroatoms. The molecule has 0 aliphatic carbocycles. The molecule has 0 saturated carbocycles. The van der Waals surface area contributed by atoms with Crippen LogP contribution in [0.1, 0.15) is 0 Å². The van der Waals surface area contributed by atoms with Crippen molar-refractivity contribution in [2.45, 2.75) is 4.90 Å². The van der Waals surface area contributed by atoms with Crippen molar-refractivity contribution in [2.75, 3.05) is 4.72 Å². The van der Waals surface area contributed by atoms with Crippen molar-refractivity contribution in [3.63, 3.8) is 0 Å².